The molecule has 3 nitrogen and oxygen atoms in total. The van der Waals surface area contributed by atoms with Crippen molar-refractivity contribution in [1.29, 1.82) is 0 Å². The molecule has 4 fully saturated rings. The van der Waals surface area contributed by atoms with E-state index < -0.39 is 0 Å². The molecule has 3 aliphatic heterocycles. The molecule has 4 aliphatic rings. The van der Waals surface area contributed by atoms with Gasteiger partial charge in [-0.15, -0.1) is 0 Å². The van der Waals surface area contributed by atoms with Crippen molar-refractivity contribution in [2.75, 3.05) is 26.2 Å². The van der Waals surface area contributed by atoms with Gasteiger partial charge in [-0.25, -0.2) is 0 Å². The number of carbonyl (C=O) groups excluding carboxylic acids is 1. The van der Waals surface area contributed by atoms with Crippen LogP contribution >= 0.6 is 0 Å². The summed E-state index contributed by atoms with van der Waals surface area (Å²) in [4.78, 5) is 17.6. The molecule has 0 bridgehead atoms. The molecule has 4 rings (SSSR count). The summed E-state index contributed by atoms with van der Waals surface area (Å²) in [5.41, 5.74) is 1.04. The Morgan fingerprint density at radius 2 is 1.81 bits per heavy atom. The van der Waals surface area contributed by atoms with Gasteiger partial charge in [0.2, 0.25) is 5.91 Å². The second kappa shape index (κ2) is 4.24. The molecule has 1 saturated carbocycles. The number of hydrogen-bond acceptors (Lipinski definition) is 2. The second-order valence-corrected chi connectivity index (χ2v) is 9.13. The fourth-order valence-corrected chi connectivity index (χ4v) is 5.72. The highest BCUT2D eigenvalue weighted by Gasteiger charge is 2.70. The lowest BCUT2D eigenvalue weighted by atomic mass is 9.69. The SMILES string of the molecule is CC(C)(C)C12CCCN1CC1(CC1C(=O)N1CCCC1)C2. The zero-order chi connectivity index (χ0) is 14.9. The molecule has 21 heavy (non-hydrogen) atoms. The van der Waals surface area contributed by atoms with Gasteiger partial charge in [0.1, 0.15) is 0 Å². The maximum absolute atomic E-state index is 12.7. The molecule has 1 spiro atoms. The minimum Gasteiger partial charge on any atom is -0.342 e. The summed E-state index contributed by atoms with van der Waals surface area (Å²) < 4.78 is 0. The van der Waals surface area contributed by atoms with Gasteiger partial charge >= 0.3 is 0 Å². The number of nitrogens with zero attached hydrogens (tertiary/aromatic N) is 2. The van der Waals surface area contributed by atoms with Crippen LogP contribution in [0.5, 0.6) is 0 Å². The van der Waals surface area contributed by atoms with E-state index in [4.69, 9.17) is 0 Å². The van der Waals surface area contributed by atoms with Gasteiger partial charge in [0.25, 0.3) is 0 Å². The summed E-state index contributed by atoms with van der Waals surface area (Å²) in [7, 11) is 0. The molecule has 0 radical (unpaired) electrons. The predicted octanol–water partition coefficient (Wildman–Crippen LogP) is 2.90. The Kier molecular flexibility index (Phi) is 2.84. The molecule has 0 aromatic rings. The normalized spacial score (nSPS) is 42.8. The first-order valence-electron chi connectivity index (χ1n) is 8.92. The van der Waals surface area contributed by atoms with Crippen molar-refractivity contribution in [2.24, 2.45) is 16.7 Å². The first-order valence-corrected chi connectivity index (χ1v) is 8.92. The summed E-state index contributed by atoms with van der Waals surface area (Å²) >= 11 is 0. The minimum atomic E-state index is 0.330. The molecule has 1 amide bonds. The highest BCUT2D eigenvalue weighted by Crippen LogP contribution is 2.68. The van der Waals surface area contributed by atoms with Gasteiger partial charge in [-0.2, -0.15) is 0 Å². The zero-order valence-corrected chi connectivity index (χ0v) is 14.0. The van der Waals surface area contributed by atoms with Crippen LogP contribution in [0, 0.1) is 16.7 Å². The molecule has 0 aromatic carbocycles. The lowest BCUT2D eigenvalue weighted by Crippen LogP contribution is -2.48. The van der Waals surface area contributed by atoms with Gasteiger partial charge in [-0.1, -0.05) is 20.8 Å². The smallest absolute Gasteiger partial charge is 0.226 e. The number of likely N-dealkylation sites (tertiary alicyclic amines) is 1. The predicted molar refractivity (Wildman–Crippen MR) is 84.0 cm³/mol. The van der Waals surface area contributed by atoms with E-state index in [1.54, 1.807) is 0 Å². The molecular formula is C18H30N2O. The van der Waals surface area contributed by atoms with E-state index in [0.717, 1.165) is 19.5 Å². The van der Waals surface area contributed by atoms with E-state index >= 15 is 0 Å². The van der Waals surface area contributed by atoms with Crippen molar-refractivity contribution in [3.8, 4) is 0 Å². The molecule has 3 heterocycles. The Labute approximate surface area is 129 Å². The highest BCUT2D eigenvalue weighted by atomic mass is 16.2. The van der Waals surface area contributed by atoms with E-state index in [1.807, 2.05) is 0 Å². The Morgan fingerprint density at radius 3 is 2.43 bits per heavy atom. The molecule has 3 atom stereocenters. The standard InChI is InChI=1S/C18H30N2O/c1-16(2,3)18-7-6-10-20(18)13-17(12-18)11-14(17)15(21)19-8-4-5-9-19/h14H,4-13H2,1-3H3. The Bertz CT molecular complexity index is 462. The zero-order valence-electron chi connectivity index (χ0n) is 14.0. The molecular weight excluding hydrogens is 260 g/mol. The van der Waals surface area contributed by atoms with E-state index in [9.17, 15) is 4.79 Å². The van der Waals surface area contributed by atoms with Crippen LogP contribution in [0.25, 0.3) is 0 Å². The van der Waals surface area contributed by atoms with Crippen molar-refractivity contribution < 1.29 is 4.79 Å². The molecule has 3 unspecified atom stereocenters. The monoisotopic (exact) mass is 290 g/mol. The van der Waals surface area contributed by atoms with Crippen molar-refractivity contribution in [1.82, 2.24) is 9.80 Å². The highest BCUT2D eigenvalue weighted by molar-refractivity contribution is 5.83. The summed E-state index contributed by atoms with van der Waals surface area (Å²) in [6.45, 7) is 11.7. The van der Waals surface area contributed by atoms with Crippen molar-refractivity contribution in [3.05, 3.63) is 0 Å². The van der Waals surface area contributed by atoms with E-state index in [2.05, 4.69) is 30.6 Å². The fourth-order valence-electron chi connectivity index (χ4n) is 5.72. The average molecular weight is 290 g/mol. The van der Waals surface area contributed by atoms with Gasteiger partial charge in [-0.05, 0) is 55.9 Å². The molecule has 0 aromatic heterocycles. The number of fused-ring (bicyclic) bond motifs is 1. The first kappa shape index (κ1) is 14.0. The third kappa shape index (κ3) is 1.85. The average Bonchev–Trinajstić information content (AvgIpc) is 2.78. The van der Waals surface area contributed by atoms with Crippen molar-refractivity contribution >= 4 is 5.91 Å². The Balaban J connectivity index is 1.53. The lowest BCUT2D eigenvalue weighted by molar-refractivity contribution is -0.132. The van der Waals surface area contributed by atoms with Gasteiger partial charge in [0, 0.05) is 31.1 Å². The van der Waals surface area contributed by atoms with Crippen LogP contribution in [0.3, 0.4) is 0 Å². The topological polar surface area (TPSA) is 23.6 Å². The minimum absolute atomic E-state index is 0.330. The van der Waals surface area contributed by atoms with Crippen LogP contribution in [-0.4, -0.2) is 47.4 Å². The number of rotatable bonds is 1. The maximum atomic E-state index is 12.7. The Hall–Kier alpha value is -0.570. The van der Waals surface area contributed by atoms with Gasteiger partial charge < -0.3 is 4.90 Å². The molecule has 3 heteroatoms. The molecule has 0 N–H and O–H groups in total. The van der Waals surface area contributed by atoms with Crippen molar-refractivity contribution in [3.63, 3.8) is 0 Å². The summed E-state index contributed by atoms with van der Waals surface area (Å²) in [5, 5.41) is 0. The van der Waals surface area contributed by atoms with E-state index in [1.165, 1.54) is 45.2 Å². The Morgan fingerprint density at radius 1 is 1.10 bits per heavy atom. The third-order valence-electron chi connectivity index (χ3n) is 7.08. The van der Waals surface area contributed by atoms with Crippen LogP contribution in [0.2, 0.25) is 0 Å². The van der Waals surface area contributed by atoms with Gasteiger partial charge in [0.05, 0.1) is 0 Å². The summed E-state index contributed by atoms with van der Waals surface area (Å²) in [6.07, 6.45) is 7.54. The number of carbonyl (C=O) groups is 1. The van der Waals surface area contributed by atoms with Crippen molar-refractivity contribution in [2.45, 2.75) is 64.8 Å². The van der Waals surface area contributed by atoms with Crippen LogP contribution in [-0.2, 0) is 4.79 Å². The fraction of sp³-hybridized carbons (Fsp3) is 0.944. The van der Waals surface area contributed by atoms with Gasteiger partial charge in [-0.3, -0.25) is 9.69 Å². The van der Waals surface area contributed by atoms with Gasteiger partial charge in [0.15, 0.2) is 0 Å². The van der Waals surface area contributed by atoms with Crippen LogP contribution in [0.4, 0.5) is 0 Å². The summed E-state index contributed by atoms with van der Waals surface area (Å²) in [6, 6.07) is 0. The maximum Gasteiger partial charge on any atom is 0.226 e. The van der Waals surface area contributed by atoms with E-state index in [0.29, 0.717) is 28.2 Å². The molecule has 118 valence electrons. The summed E-state index contributed by atoms with van der Waals surface area (Å²) in [5.74, 6) is 0.832. The van der Waals surface area contributed by atoms with E-state index in [-0.39, 0.29) is 0 Å². The van der Waals surface area contributed by atoms with Crippen LogP contribution < -0.4 is 0 Å². The van der Waals surface area contributed by atoms with Crippen LogP contribution in [0.1, 0.15) is 59.3 Å². The molecule has 3 saturated heterocycles. The third-order valence-corrected chi connectivity index (χ3v) is 7.08. The number of hydrogen-bond donors (Lipinski definition) is 0. The lowest BCUT2D eigenvalue weighted by Gasteiger charge is -2.44. The number of amides is 1. The quantitative estimate of drug-likeness (QED) is 0.741. The second-order valence-electron chi connectivity index (χ2n) is 9.13. The van der Waals surface area contributed by atoms with Crippen LogP contribution in [0.15, 0.2) is 0 Å². The first-order chi connectivity index (χ1) is 9.88. The largest absolute Gasteiger partial charge is 0.342 e. The molecule has 1 aliphatic carbocycles.